The standard InChI is InChI=1S/C21H23N5OS/c1-27-18-12-10-17(11-13-18)23-21(28)22-16-8-6-15(7-9-16)20-25-24-19-5-3-2-4-14-26(19)20/h6-13H,2-5,14H2,1H3,(H2,22,23,28). The molecule has 0 spiro atoms. The van der Waals surface area contributed by atoms with Crippen LogP contribution in [-0.4, -0.2) is 27.0 Å². The van der Waals surface area contributed by atoms with Crippen LogP contribution in [0.25, 0.3) is 11.4 Å². The molecule has 144 valence electrons. The Bertz CT molecular complexity index is 950. The highest BCUT2D eigenvalue weighted by molar-refractivity contribution is 7.80. The molecule has 2 heterocycles. The van der Waals surface area contributed by atoms with Crippen molar-refractivity contribution in [1.29, 1.82) is 0 Å². The second-order valence-electron chi connectivity index (χ2n) is 6.79. The van der Waals surface area contributed by atoms with Gasteiger partial charge in [-0.15, -0.1) is 10.2 Å². The minimum atomic E-state index is 0.536. The summed E-state index contributed by atoms with van der Waals surface area (Å²) >= 11 is 5.41. The third kappa shape index (κ3) is 4.14. The van der Waals surface area contributed by atoms with Crippen LogP contribution in [0.2, 0.25) is 0 Å². The first kappa shape index (κ1) is 18.4. The van der Waals surface area contributed by atoms with E-state index in [-0.39, 0.29) is 0 Å². The molecule has 0 saturated carbocycles. The minimum Gasteiger partial charge on any atom is -0.497 e. The number of hydrogen-bond acceptors (Lipinski definition) is 4. The summed E-state index contributed by atoms with van der Waals surface area (Å²) in [5, 5.41) is 15.7. The number of aryl methyl sites for hydroxylation is 1. The Morgan fingerprint density at radius 1 is 0.929 bits per heavy atom. The number of fused-ring (bicyclic) bond motifs is 1. The molecule has 0 saturated heterocycles. The van der Waals surface area contributed by atoms with Gasteiger partial charge in [-0.1, -0.05) is 6.42 Å². The predicted molar refractivity (Wildman–Crippen MR) is 116 cm³/mol. The average Bonchev–Trinajstić information content (AvgIpc) is 2.97. The Hall–Kier alpha value is -2.93. The van der Waals surface area contributed by atoms with E-state index in [0.29, 0.717) is 5.11 Å². The molecule has 4 rings (SSSR count). The van der Waals surface area contributed by atoms with Crippen LogP contribution >= 0.6 is 12.2 Å². The highest BCUT2D eigenvalue weighted by atomic mass is 32.1. The van der Waals surface area contributed by atoms with Gasteiger partial charge in [0.2, 0.25) is 0 Å². The fourth-order valence-corrected chi connectivity index (χ4v) is 3.60. The molecule has 6 nitrogen and oxygen atoms in total. The molecule has 0 fully saturated rings. The number of benzene rings is 2. The number of rotatable bonds is 4. The van der Waals surface area contributed by atoms with Gasteiger partial charge in [0.15, 0.2) is 10.9 Å². The number of aromatic nitrogens is 3. The zero-order chi connectivity index (χ0) is 19.3. The third-order valence-corrected chi connectivity index (χ3v) is 5.06. The van der Waals surface area contributed by atoms with Crippen LogP contribution in [-0.2, 0) is 13.0 Å². The number of methoxy groups -OCH3 is 1. The maximum Gasteiger partial charge on any atom is 0.175 e. The molecular weight excluding hydrogens is 370 g/mol. The molecule has 0 atom stereocenters. The van der Waals surface area contributed by atoms with Crippen molar-refractivity contribution in [3.05, 3.63) is 54.4 Å². The van der Waals surface area contributed by atoms with Crippen molar-refractivity contribution < 1.29 is 4.74 Å². The van der Waals surface area contributed by atoms with E-state index in [1.54, 1.807) is 7.11 Å². The zero-order valence-electron chi connectivity index (χ0n) is 15.8. The Balaban J connectivity index is 1.42. The lowest BCUT2D eigenvalue weighted by molar-refractivity contribution is 0.415. The third-order valence-electron chi connectivity index (χ3n) is 4.86. The number of anilines is 2. The van der Waals surface area contributed by atoms with E-state index in [9.17, 15) is 0 Å². The summed E-state index contributed by atoms with van der Waals surface area (Å²) < 4.78 is 7.42. The van der Waals surface area contributed by atoms with Crippen LogP contribution in [0.3, 0.4) is 0 Å². The molecule has 0 unspecified atom stereocenters. The maximum absolute atomic E-state index is 5.41. The van der Waals surface area contributed by atoms with Crippen molar-refractivity contribution in [1.82, 2.24) is 14.8 Å². The Kier molecular flexibility index (Phi) is 5.53. The molecule has 0 amide bonds. The van der Waals surface area contributed by atoms with E-state index in [2.05, 4.69) is 37.5 Å². The van der Waals surface area contributed by atoms with Crippen molar-refractivity contribution in [2.75, 3.05) is 17.7 Å². The van der Waals surface area contributed by atoms with Crippen molar-refractivity contribution in [3.8, 4) is 17.1 Å². The molecule has 2 N–H and O–H groups in total. The molecule has 0 radical (unpaired) electrons. The maximum atomic E-state index is 5.41. The fourth-order valence-electron chi connectivity index (χ4n) is 3.37. The van der Waals surface area contributed by atoms with Gasteiger partial charge in [0.1, 0.15) is 11.6 Å². The van der Waals surface area contributed by atoms with Gasteiger partial charge < -0.3 is 19.9 Å². The molecule has 28 heavy (non-hydrogen) atoms. The van der Waals surface area contributed by atoms with E-state index in [0.717, 1.165) is 47.3 Å². The van der Waals surface area contributed by atoms with Crippen LogP contribution in [0, 0.1) is 0 Å². The monoisotopic (exact) mass is 393 g/mol. The van der Waals surface area contributed by atoms with Crippen molar-refractivity contribution in [3.63, 3.8) is 0 Å². The van der Waals surface area contributed by atoms with Crippen LogP contribution in [0.1, 0.15) is 25.1 Å². The lowest BCUT2D eigenvalue weighted by atomic mass is 10.2. The quantitative estimate of drug-likeness (QED) is 0.637. The van der Waals surface area contributed by atoms with Gasteiger partial charge >= 0.3 is 0 Å². The largest absolute Gasteiger partial charge is 0.497 e. The molecule has 3 aromatic rings. The molecule has 1 aliphatic heterocycles. The van der Waals surface area contributed by atoms with Gasteiger partial charge in [-0.2, -0.15) is 0 Å². The molecule has 2 aromatic carbocycles. The fraction of sp³-hybridized carbons (Fsp3) is 0.286. The Morgan fingerprint density at radius 2 is 1.61 bits per heavy atom. The average molecular weight is 394 g/mol. The second-order valence-corrected chi connectivity index (χ2v) is 7.20. The second kappa shape index (κ2) is 8.39. The lowest BCUT2D eigenvalue weighted by Gasteiger charge is -2.12. The first-order valence-electron chi connectivity index (χ1n) is 9.47. The summed E-state index contributed by atoms with van der Waals surface area (Å²) in [6, 6.07) is 15.8. The Morgan fingerprint density at radius 3 is 2.29 bits per heavy atom. The summed E-state index contributed by atoms with van der Waals surface area (Å²) in [6.45, 7) is 0.994. The van der Waals surface area contributed by atoms with E-state index in [1.807, 2.05) is 36.4 Å². The smallest absolute Gasteiger partial charge is 0.175 e. The van der Waals surface area contributed by atoms with Crippen LogP contribution in [0.5, 0.6) is 5.75 Å². The first-order valence-corrected chi connectivity index (χ1v) is 9.88. The first-order chi connectivity index (χ1) is 13.7. The van der Waals surface area contributed by atoms with Gasteiger partial charge in [-0.05, 0) is 73.6 Å². The number of hydrogen-bond donors (Lipinski definition) is 2. The number of nitrogens with zero attached hydrogens (tertiary/aromatic N) is 3. The van der Waals surface area contributed by atoms with Crippen molar-refractivity contribution in [2.24, 2.45) is 0 Å². The summed E-state index contributed by atoms with van der Waals surface area (Å²) in [7, 11) is 1.65. The van der Waals surface area contributed by atoms with Gasteiger partial charge in [0.05, 0.1) is 7.11 Å². The molecule has 0 bridgehead atoms. The van der Waals surface area contributed by atoms with E-state index < -0.39 is 0 Å². The normalized spacial score (nSPS) is 13.3. The summed E-state index contributed by atoms with van der Waals surface area (Å²) in [6.07, 6.45) is 4.64. The molecule has 7 heteroatoms. The highest BCUT2D eigenvalue weighted by Gasteiger charge is 2.15. The molecule has 0 aliphatic carbocycles. The van der Waals surface area contributed by atoms with Crippen molar-refractivity contribution in [2.45, 2.75) is 32.2 Å². The van der Waals surface area contributed by atoms with Gasteiger partial charge in [-0.3, -0.25) is 0 Å². The topological polar surface area (TPSA) is 64.0 Å². The Labute approximate surface area is 169 Å². The van der Waals surface area contributed by atoms with Gasteiger partial charge in [0, 0.05) is 29.9 Å². The van der Waals surface area contributed by atoms with Crippen LogP contribution in [0.4, 0.5) is 11.4 Å². The van der Waals surface area contributed by atoms with Gasteiger partial charge in [-0.25, -0.2) is 0 Å². The number of nitrogens with one attached hydrogen (secondary N) is 2. The molecule has 1 aromatic heterocycles. The van der Waals surface area contributed by atoms with E-state index in [4.69, 9.17) is 17.0 Å². The van der Waals surface area contributed by atoms with E-state index in [1.165, 1.54) is 19.3 Å². The molecular formula is C21H23N5OS. The molecule has 1 aliphatic rings. The number of thiocarbonyl (C=S) groups is 1. The lowest BCUT2D eigenvalue weighted by Crippen LogP contribution is -2.18. The summed E-state index contributed by atoms with van der Waals surface area (Å²) in [5.74, 6) is 2.85. The minimum absolute atomic E-state index is 0.536. The van der Waals surface area contributed by atoms with Crippen molar-refractivity contribution >= 4 is 28.7 Å². The SMILES string of the molecule is COc1ccc(NC(=S)Nc2ccc(-c3nnc4n3CCCCC4)cc2)cc1. The zero-order valence-corrected chi connectivity index (χ0v) is 16.6. The summed E-state index contributed by atoms with van der Waals surface area (Å²) in [5.41, 5.74) is 2.90. The predicted octanol–water partition coefficient (Wildman–Crippen LogP) is 4.49. The summed E-state index contributed by atoms with van der Waals surface area (Å²) in [4.78, 5) is 0. The highest BCUT2D eigenvalue weighted by Crippen LogP contribution is 2.24. The van der Waals surface area contributed by atoms with Crippen LogP contribution < -0.4 is 15.4 Å². The van der Waals surface area contributed by atoms with E-state index >= 15 is 0 Å². The van der Waals surface area contributed by atoms with Gasteiger partial charge in [0.25, 0.3) is 0 Å². The number of ether oxygens (including phenoxy) is 1. The van der Waals surface area contributed by atoms with Crippen LogP contribution in [0.15, 0.2) is 48.5 Å².